The van der Waals surface area contributed by atoms with Crippen molar-refractivity contribution in [3.63, 3.8) is 0 Å². The first-order valence-electron chi connectivity index (χ1n) is 6.95. The highest BCUT2D eigenvalue weighted by Gasteiger charge is 2.45. The summed E-state index contributed by atoms with van der Waals surface area (Å²) in [5.74, 6) is -3.41. The van der Waals surface area contributed by atoms with Gasteiger partial charge in [0.05, 0.1) is 11.1 Å². The molecule has 1 saturated heterocycles. The van der Waals surface area contributed by atoms with E-state index in [-0.39, 0.29) is 16.8 Å². The number of amides is 4. The lowest BCUT2D eigenvalue weighted by molar-refractivity contribution is -0.136. The van der Waals surface area contributed by atoms with Crippen molar-refractivity contribution in [2.24, 2.45) is 0 Å². The van der Waals surface area contributed by atoms with Gasteiger partial charge in [0.2, 0.25) is 11.8 Å². The van der Waals surface area contributed by atoms with Crippen LogP contribution in [0.4, 0.5) is 5.69 Å². The van der Waals surface area contributed by atoms with E-state index in [1.54, 1.807) is 0 Å². The Morgan fingerprint density at radius 1 is 1.25 bits per heavy atom. The molecule has 2 aliphatic rings. The molecule has 0 spiro atoms. The van der Waals surface area contributed by atoms with Gasteiger partial charge in [-0.25, -0.2) is 0 Å². The highest BCUT2D eigenvalue weighted by Crippen LogP contribution is 2.30. The number of imide groups is 2. The molecule has 0 aliphatic carbocycles. The molecule has 0 aromatic heterocycles. The molecule has 0 saturated carbocycles. The van der Waals surface area contributed by atoms with Gasteiger partial charge in [-0.05, 0) is 18.5 Å². The number of nitrogen functional groups attached to an aromatic ring is 1. The third kappa shape index (κ3) is 1.59. The van der Waals surface area contributed by atoms with Crippen LogP contribution >= 0.6 is 0 Å². The van der Waals surface area contributed by atoms with Crippen molar-refractivity contribution < 1.29 is 21.9 Å². The van der Waals surface area contributed by atoms with Crippen LogP contribution in [0.2, 0.25) is 0 Å². The molecule has 7 nitrogen and oxygen atoms in total. The summed E-state index contributed by atoms with van der Waals surface area (Å²) in [6, 6.07) is 2.81. The van der Waals surface area contributed by atoms with Gasteiger partial charge in [-0.2, -0.15) is 0 Å². The van der Waals surface area contributed by atoms with E-state index in [0.717, 1.165) is 0 Å². The zero-order valence-electron chi connectivity index (χ0n) is 12.1. The average Bonchev–Trinajstić information content (AvgIpc) is 2.71. The van der Waals surface area contributed by atoms with E-state index in [4.69, 9.17) is 8.48 Å². The Bertz CT molecular complexity index is 736. The van der Waals surface area contributed by atoms with Crippen molar-refractivity contribution in [2.45, 2.75) is 18.8 Å². The largest absolute Gasteiger partial charge is 0.398 e. The molecular weight excluding hydrogens is 262 g/mol. The van der Waals surface area contributed by atoms with E-state index < -0.39 is 42.5 Å². The number of hydrogen-bond acceptors (Lipinski definition) is 5. The lowest BCUT2D eigenvalue weighted by Crippen LogP contribution is -2.54. The average molecular weight is 275 g/mol. The van der Waals surface area contributed by atoms with E-state index in [2.05, 4.69) is 0 Å². The third-order valence-electron chi connectivity index (χ3n) is 3.20. The van der Waals surface area contributed by atoms with Crippen molar-refractivity contribution in [1.29, 1.82) is 0 Å². The van der Waals surface area contributed by atoms with Crippen LogP contribution < -0.4 is 11.1 Å². The number of benzene rings is 1. The first-order chi connectivity index (χ1) is 10.3. The number of carbonyl (C=O) groups excluding carboxylic acids is 4. The summed E-state index contributed by atoms with van der Waals surface area (Å²) in [4.78, 5) is 48.7. The van der Waals surface area contributed by atoms with Gasteiger partial charge in [-0.3, -0.25) is 29.4 Å². The fourth-order valence-corrected chi connectivity index (χ4v) is 2.29. The molecule has 1 fully saturated rings. The fourth-order valence-electron chi connectivity index (χ4n) is 2.29. The van der Waals surface area contributed by atoms with Crippen LogP contribution in [0.5, 0.6) is 0 Å². The molecule has 2 aliphatic heterocycles. The number of nitrogens with two attached hydrogens (primary N) is 1. The predicted molar refractivity (Wildman–Crippen MR) is 67.5 cm³/mol. The first-order valence-corrected chi connectivity index (χ1v) is 5.80. The summed E-state index contributed by atoms with van der Waals surface area (Å²) >= 11 is 0. The SMILES string of the molecule is [2H]C1C(=O)NC(=O)C(N2C(=O)c3cccc(N)c3C2=O)C1[2H]. The van der Waals surface area contributed by atoms with Gasteiger partial charge in [0.1, 0.15) is 6.04 Å². The van der Waals surface area contributed by atoms with E-state index in [1.165, 1.54) is 18.2 Å². The topological polar surface area (TPSA) is 110 Å². The number of nitrogens with one attached hydrogen (secondary N) is 1. The lowest BCUT2D eigenvalue weighted by Gasteiger charge is -2.27. The van der Waals surface area contributed by atoms with Crippen molar-refractivity contribution in [2.75, 3.05) is 5.73 Å². The Balaban J connectivity index is 2.05. The molecule has 7 heteroatoms. The second-order valence-electron chi connectivity index (χ2n) is 4.41. The number of carbonyl (C=O) groups is 4. The molecule has 1 aromatic rings. The molecule has 20 heavy (non-hydrogen) atoms. The second kappa shape index (κ2) is 4.16. The quantitative estimate of drug-likeness (QED) is 0.538. The maximum atomic E-state index is 12.4. The van der Waals surface area contributed by atoms with Crippen LogP contribution in [0.25, 0.3) is 0 Å². The molecule has 3 N–H and O–H groups in total. The monoisotopic (exact) mass is 275 g/mol. The minimum atomic E-state index is -1.57. The molecule has 0 radical (unpaired) electrons. The van der Waals surface area contributed by atoms with Gasteiger partial charge >= 0.3 is 0 Å². The van der Waals surface area contributed by atoms with Crippen LogP contribution in [0.1, 0.15) is 36.3 Å². The van der Waals surface area contributed by atoms with Crippen molar-refractivity contribution >= 4 is 29.3 Å². The van der Waals surface area contributed by atoms with E-state index >= 15 is 0 Å². The number of piperidine rings is 1. The molecule has 4 amide bonds. The second-order valence-corrected chi connectivity index (χ2v) is 4.41. The van der Waals surface area contributed by atoms with E-state index in [9.17, 15) is 19.2 Å². The molecular formula is C13H11N3O4. The number of nitrogens with zero attached hydrogens (tertiary/aromatic N) is 1. The summed E-state index contributed by atoms with van der Waals surface area (Å²) in [7, 11) is 0. The highest BCUT2D eigenvalue weighted by molar-refractivity contribution is 6.25. The molecule has 3 rings (SSSR count). The fraction of sp³-hybridized carbons (Fsp3) is 0.231. The lowest BCUT2D eigenvalue weighted by atomic mass is 10.0. The minimum Gasteiger partial charge on any atom is -0.398 e. The van der Waals surface area contributed by atoms with Crippen LogP contribution in [0.3, 0.4) is 0 Å². The Morgan fingerprint density at radius 3 is 2.70 bits per heavy atom. The normalized spacial score (nSPS) is 30.8. The van der Waals surface area contributed by atoms with Crippen LogP contribution in [0.15, 0.2) is 18.2 Å². The maximum absolute atomic E-state index is 12.4. The Kier molecular flexibility index (Phi) is 2.11. The maximum Gasteiger partial charge on any atom is 0.264 e. The van der Waals surface area contributed by atoms with Gasteiger partial charge in [0.15, 0.2) is 0 Å². The van der Waals surface area contributed by atoms with Crippen LogP contribution in [-0.4, -0.2) is 34.6 Å². The predicted octanol–water partition coefficient (Wildman–Crippen LogP) is -0.330. The molecule has 3 unspecified atom stereocenters. The summed E-state index contributed by atoms with van der Waals surface area (Å²) < 4.78 is 15.4. The summed E-state index contributed by atoms with van der Waals surface area (Å²) in [5, 5.41) is 1.91. The van der Waals surface area contributed by atoms with E-state index in [0.29, 0.717) is 4.90 Å². The van der Waals surface area contributed by atoms with Crippen molar-refractivity contribution in [3.8, 4) is 0 Å². The molecule has 1 aromatic carbocycles. The first kappa shape index (κ1) is 10.1. The molecule has 3 atom stereocenters. The van der Waals surface area contributed by atoms with E-state index in [1.807, 2.05) is 5.32 Å². The zero-order valence-corrected chi connectivity index (χ0v) is 10.1. The Morgan fingerprint density at radius 2 is 2.00 bits per heavy atom. The van der Waals surface area contributed by atoms with Gasteiger partial charge < -0.3 is 5.73 Å². The van der Waals surface area contributed by atoms with Gasteiger partial charge in [0.25, 0.3) is 11.8 Å². The summed E-state index contributed by atoms with van der Waals surface area (Å²) in [6.07, 6.45) is -3.12. The van der Waals surface area contributed by atoms with Gasteiger partial charge in [0, 0.05) is 14.8 Å². The molecule has 0 bridgehead atoms. The number of anilines is 1. The minimum absolute atomic E-state index is 0.0223. The zero-order chi connectivity index (χ0) is 16.2. The Labute approximate surface area is 116 Å². The standard InChI is InChI=1S/C13H11N3O4/c14-7-3-1-2-6-10(7)13(20)16(12(6)19)8-4-5-9(17)15-11(8)18/h1-3,8H,4-5,14H2,(H,15,17,18)/i4D,5D. The van der Waals surface area contributed by atoms with Gasteiger partial charge in [-0.1, -0.05) is 6.07 Å². The van der Waals surface area contributed by atoms with Crippen LogP contribution in [-0.2, 0) is 9.59 Å². The van der Waals surface area contributed by atoms with Crippen LogP contribution in [0, 0.1) is 0 Å². The number of rotatable bonds is 1. The number of fused-ring (bicyclic) bond motifs is 1. The van der Waals surface area contributed by atoms with Crippen molar-refractivity contribution in [3.05, 3.63) is 29.3 Å². The number of hydrogen-bond donors (Lipinski definition) is 2. The van der Waals surface area contributed by atoms with Crippen molar-refractivity contribution in [1.82, 2.24) is 10.2 Å². The third-order valence-corrected chi connectivity index (χ3v) is 3.20. The molecule has 2 heterocycles. The highest BCUT2D eigenvalue weighted by atomic mass is 16.2. The van der Waals surface area contributed by atoms with Gasteiger partial charge in [-0.15, -0.1) is 0 Å². The Hall–Kier alpha value is -2.70. The molecule has 102 valence electrons. The smallest absolute Gasteiger partial charge is 0.264 e. The summed E-state index contributed by atoms with van der Waals surface area (Å²) in [6.45, 7) is 0. The summed E-state index contributed by atoms with van der Waals surface area (Å²) in [5.41, 5.74) is 5.81.